The van der Waals surface area contributed by atoms with Gasteiger partial charge in [-0.15, -0.1) is 10.3 Å². The molecule has 0 saturated carbocycles. The number of benzene rings is 1. The maximum absolute atomic E-state index is 12.9. The molecule has 0 spiro atoms. The van der Waals surface area contributed by atoms with Gasteiger partial charge >= 0.3 is 0 Å². The third-order valence-corrected chi connectivity index (χ3v) is 3.69. The van der Waals surface area contributed by atoms with Crippen LogP contribution in [0.1, 0.15) is 39.2 Å². The van der Waals surface area contributed by atoms with Gasteiger partial charge in [0, 0.05) is 5.54 Å². The molecule has 1 aromatic rings. The van der Waals surface area contributed by atoms with Crippen molar-refractivity contribution in [3.05, 3.63) is 35.6 Å². The van der Waals surface area contributed by atoms with Gasteiger partial charge in [0.25, 0.3) is 0 Å². The molecule has 1 unspecified atom stereocenters. The molecule has 0 bridgehead atoms. The molecular formula is C13H17FNO. The van der Waals surface area contributed by atoms with Crippen LogP contribution in [-0.4, -0.2) is 10.6 Å². The van der Waals surface area contributed by atoms with Gasteiger partial charge in [-0.05, 0) is 51.3 Å². The van der Waals surface area contributed by atoms with Gasteiger partial charge in [0.05, 0.1) is 5.54 Å². The Morgan fingerprint density at radius 3 is 2.12 bits per heavy atom. The highest BCUT2D eigenvalue weighted by Gasteiger charge is 2.49. The Hall–Kier alpha value is -0.930. The third kappa shape index (κ3) is 1.64. The summed E-state index contributed by atoms with van der Waals surface area (Å²) in [5, 5.41) is 13.4. The minimum absolute atomic E-state index is 0.262. The van der Waals surface area contributed by atoms with E-state index in [2.05, 4.69) is 0 Å². The topological polar surface area (TPSA) is 23.1 Å². The van der Waals surface area contributed by atoms with Crippen molar-refractivity contribution in [2.75, 3.05) is 0 Å². The molecule has 2 nitrogen and oxygen atoms in total. The Morgan fingerprint density at radius 1 is 1.12 bits per heavy atom. The van der Waals surface area contributed by atoms with E-state index in [1.807, 2.05) is 20.8 Å². The summed E-state index contributed by atoms with van der Waals surface area (Å²) in [7, 11) is 0. The van der Waals surface area contributed by atoms with Crippen LogP contribution in [0, 0.1) is 5.82 Å². The zero-order chi connectivity index (χ0) is 12.0. The van der Waals surface area contributed by atoms with Crippen LogP contribution in [0.15, 0.2) is 24.3 Å². The molecule has 1 aliphatic heterocycles. The summed E-state index contributed by atoms with van der Waals surface area (Å²) in [6, 6.07) is 6.25. The summed E-state index contributed by atoms with van der Waals surface area (Å²) in [6.45, 7) is 5.84. The predicted molar refractivity (Wildman–Crippen MR) is 59.6 cm³/mol. The van der Waals surface area contributed by atoms with E-state index in [1.54, 1.807) is 12.1 Å². The molecule has 0 aromatic heterocycles. The molecule has 87 valence electrons. The zero-order valence-corrected chi connectivity index (χ0v) is 9.96. The number of nitrogens with zero attached hydrogens (tertiary/aromatic N) is 1. The van der Waals surface area contributed by atoms with Crippen LogP contribution < -0.4 is 0 Å². The fraction of sp³-hybridized carbons (Fsp3) is 0.538. The Morgan fingerprint density at radius 2 is 1.69 bits per heavy atom. The highest BCUT2D eigenvalue weighted by molar-refractivity contribution is 5.26. The van der Waals surface area contributed by atoms with Gasteiger partial charge in [-0.2, -0.15) is 0 Å². The molecule has 3 heteroatoms. The zero-order valence-electron chi connectivity index (χ0n) is 9.96. The first-order valence-corrected chi connectivity index (χ1v) is 5.60. The van der Waals surface area contributed by atoms with Crippen molar-refractivity contribution in [3.63, 3.8) is 0 Å². The molecule has 16 heavy (non-hydrogen) atoms. The van der Waals surface area contributed by atoms with E-state index >= 15 is 0 Å². The van der Waals surface area contributed by atoms with Gasteiger partial charge in [0.15, 0.2) is 0 Å². The van der Waals surface area contributed by atoms with Crippen LogP contribution in [0.4, 0.5) is 4.39 Å². The fourth-order valence-corrected chi connectivity index (χ4v) is 2.49. The Balaban J connectivity index is 2.37. The van der Waals surface area contributed by atoms with E-state index in [1.165, 1.54) is 12.1 Å². The number of hydroxylamine groups is 2. The predicted octanol–water partition coefficient (Wildman–Crippen LogP) is 3.26. The van der Waals surface area contributed by atoms with Crippen molar-refractivity contribution in [1.82, 2.24) is 5.06 Å². The summed E-state index contributed by atoms with van der Waals surface area (Å²) >= 11 is 0. The van der Waals surface area contributed by atoms with Crippen molar-refractivity contribution in [2.45, 2.75) is 44.7 Å². The van der Waals surface area contributed by atoms with E-state index in [0.29, 0.717) is 0 Å². The lowest BCUT2D eigenvalue weighted by molar-refractivity contribution is -0.252. The molecule has 0 amide bonds. The van der Waals surface area contributed by atoms with Gasteiger partial charge in [-0.25, -0.2) is 4.39 Å². The normalized spacial score (nSPS) is 29.6. The molecular weight excluding hydrogens is 205 g/mol. The first kappa shape index (κ1) is 11.6. The van der Waals surface area contributed by atoms with Crippen molar-refractivity contribution in [2.24, 2.45) is 0 Å². The second kappa shape index (κ2) is 3.54. The lowest BCUT2D eigenvalue weighted by Crippen LogP contribution is -2.44. The Bertz CT molecular complexity index is 387. The molecule has 1 saturated heterocycles. The average molecular weight is 222 g/mol. The van der Waals surface area contributed by atoms with Crippen molar-refractivity contribution in [3.8, 4) is 0 Å². The second-order valence-corrected chi connectivity index (χ2v) is 5.39. The van der Waals surface area contributed by atoms with Gasteiger partial charge in [0.2, 0.25) is 0 Å². The molecule has 2 rings (SSSR count). The summed E-state index contributed by atoms with van der Waals surface area (Å²) in [6.07, 6.45) is 1.68. The molecule has 0 N–H and O–H groups in total. The molecule has 1 heterocycles. The highest BCUT2D eigenvalue weighted by atomic mass is 19.1. The Labute approximate surface area is 95.7 Å². The van der Waals surface area contributed by atoms with Crippen molar-refractivity contribution >= 4 is 0 Å². The van der Waals surface area contributed by atoms with Gasteiger partial charge in [-0.1, -0.05) is 12.1 Å². The van der Waals surface area contributed by atoms with Crippen molar-refractivity contribution in [1.29, 1.82) is 0 Å². The van der Waals surface area contributed by atoms with Crippen molar-refractivity contribution < 1.29 is 9.60 Å². The lowest BCUT2D eigenvalue weighted by Gasteiger charge is -2.35. The fourth-order valence-electron chi connectivity index (χ4n) is 2.49. The summed E-state index contributed by atoms with van der Waals surface area (Å²) in [4.78, 5) is 0. The van der Waals surface area contributed by atoms with Crippen LogP contribution in [0.2, 0.25) is 0 Å². The monoisotopic (exact) mass is 222 g/mol. The van der Waals surface area contributed by atoms with Crippen LogP contribution in [-0.2, 0) is 10.7 Å². The van der Waals surface area contributed by atoms with Crippen LogP contribution >= 0.6 is 0 Å². The molecule has 0 aliphatic carbocycles. The standard InChI is InChI=1S/C13H17FNO/c1-12(2)8-9-13(3,15(12)16)10-4-6-11(14)7-5-10/h4-7H,8-9H2,1-3H3. The van der Waals surface area contributed by atoms with Crippen LogP contribution in [0.25, 0.3) is 0 Å². The maximum atomic E-state index is 12.9. The van der Waals surface area contributed by atoms with Gasteiger partial charge in [0.1, 0.15) is 5.82 Å². The molecule has 1 fully saturated rings. The number of halogens is 1. The first-order valence-electron chi connectivity index (χ1n) is 5.60. The summed E-state index contributed by atoms with van der Waals surface area (Å²) in [5.74, 6) is -0.262. The largest absolute Gasteiger partial charge is 0.207 e. The number of hydrogen-bond donors (Lipinski definition) is 0. The van der Waals surface area contributed by atoms with E-state index in [-0.39, 0.29) is 11.4 Å². The SMILES string of the molecule is CC1(C)CCC(C)(c2ccc(F)cc2)N1[O]. The molecule has 1 aliphatic rings. The summed E-state index contributed by atoms with van der Waals surface area (Å²) < 4.78 is 12.9. The van der Waals surface area contributed by atoms with E-state index in [0.717, 1.165) is 23.5 Å². The molecule has 1 atom stereocenters. The summed E-state index contributed by atoms with van der Waals surface area (Å²) in [5.41, 5.74) is 0.0508. The second-order valence-electron chi connectivity index (χ2n) is 5.39. The van der Waals surface area contributed by atoms with E-state index in [9.17, 15) is 9.60 Å². The van der Waals surface area contributed by atoms with Gasteiger partial charge < -0.3 is 0 Å². The van der Waals surface area contributed by atoms with Gasteiger partial charge in [-0.3, -0.25) is 0 Å². The smallest absolute Gasteiger partial charge is 0.123 e. The minimum Gasteiger partial charge on any atom is -0.207 e. The van der Waals surface area contributed by atoms with Crippen LogP contribution in [0.3, 0.4) is 0 Å². The van der Waals surface area contributed by atoms with Crippen LogP contribution in [0.5, 0.6) is 0 Å². The molecule has 1 radical (unpaired) electrons. The van der Waals surface area contributed by atoms with E-state index in [4.69, 9.17) is 0 Å². The minimum atomic E-state index is -0.517. The first-order chi connectivity index (χ1) is 7.36. The average Bonchev–Trinajstić information content (AvgIpc) is 2.45. The molecule has 1 aromatic carbocycles. The number of rotatable bonds is 1. The quantitative estimate of drug-likeness (QED) is 0.715. The maximum Gasteiger partial charge on any atom is 0.123 e. The number of hydrogen-bond acceptors (Lipinski definition) is 1. The lowest BCUT2D eigenvalue weighted by atomic mass is 9.90. The highest BCUT2D eigenvalue weighted by Crippen LogP contribution is 2.45. The third-order valence-electron chi connectivity index (χ3n) is 3.69. The van der Waals surface area contributed by atoms with E-state index < -0.39 is 5.54 Å². The Kier molecular flexibility index (Phi) is 2.55.